The predicted octanol–water partition coefficient (Wildman–Crippen LogP) is 1.32. The van der Waals surface area contributed by atoms with Crippen molar-refractivity contribution in [2.75, 3.05) is 18.1 Å². The molecular formula is C11H11FN2OS. The van der Waals surface area contributed by atoms with E-state index in [2.05, 4.69) is 16.2 Å². The van der Waals surface area contributed by atoms with Crippen molar-refractivity contribution in [2.45, 2.75) is 0 Å². The average molecular weight is 238 g/mol. The number of nitrogens with one attached hydrogen (secondary N) is 1. The van der Waals surface area contributed by atoms with Crippen LogP contribution in [0.1, 0.15) is 10.5 Å². The van der Waals surface area contributed by atoms with Gasteiger partial charge in [-0.2, -0.15) is 4.39 Å². The van der Waals surface area contributed by atoms with Crippen molar-refractivity contribution >= 4 is 17.7 Å². The minimum absolute atomic E-state index is 0.0851. The van der Waals surface area contributed by atoms with Crippen LogP contribution in [0.5, 0.6) is 0 Å². The van der Waals surface area contributed by atoms with Gasteiger partial charge in [-0.1, -0.05) is 12.0 Å². The van der Waals surface area contributed by atoms with Crippen molar-refractivity contribution in [2.24, 2.45) is 0 Å². The van der Waals surface area contributed by atoms with E-state index in [1.165, 1.54) is 18.2 Å². The molecule has 0 aliphatic carbocycles. The molecule has 1 rings (SSSR count). The van der Waals surface area contributed by atoms with Gasteiger partial charge in [0.25, 0.3) is 5.91 Å². The molecule has 3 nitrogen and oxygen atoms in total. The van der Waals surface area contributed by atoms with Crippen molar-refractivity contribution in [3.63, 3.8) is 0 Å². The first-order chi connectivity index (χ1) is 7.74. The number of pyridine rings is 1. The fraction of sp³-hybridized carbons (Fsp3) is 0.273. The molecule has 16 heavy (non-hydrogen) atoms. The smallest absolute Gasteiger partial charge is 0.270 e. The number of nitrogens with zero attached hydrogens (tertiary/aromatic N) is 1. The molecule has 0 radical (unpaired) electrons. The molecule has 0 fully saturated rings. The van der Waals surface area contributed by atoms with Gasteiger partial charge in [-0.15, -0.1) is 18.2 Å². The number of carbonyl (C=O) groups is 1. The number of aromatic nitrogens is 1. The summed E-state index contributed by atoms with van der Waals surface area (Å²) in [6.07, 6.45) is 5.07. The van der Waals surface area contributed by atoms with Crippen molar-refractivity contribution in [1.82, 2.24) is 10.3 Å². The number of hydrogen-bond acceptors (Lipinski definition) is 3. The Morgan fingerprint density at radius 1 is 1.62 bits per heavy atom. The Morgan fingerprint density at radius 3 is 3.12 bits per heavy atom. The normalized spacial score (nSPS) is 9.50. The maximum atomic E-state index is 12.7. The zero-order chi connectivity index (χ0) is 11.8. The van der Waals surface area contributed by atoms with Gasteiger partial charge in [0.05, 0.1) is 5.75 Å². The third-order valence-corrected chi connectivity index (χ3v) is 2.53. The van der Waals surface area contributed by atoms with Crippen LogP contribution in [0.2, 0.25) is 0 Å². The van der Waals surface area contributed by atoms with Crippen LogP contribution in [0.15, 0.2) is 18.2 Å². The van der Waals surface area contributed by atoms with Gasteiger partial charge in [0.2, 0.25) is 5.95 Å². The summed E-state index contributed by atoms with van der Waals surface area (Å²) in [5, 5.41) is 2.63. The Balaban J connectivity index is 2.33. The molecule has 1 heterocycles. The first-order valence-electron chi connectivity index (χ1n) is 4.66. The van der Waals surface area contributed by atoms with E-state index < -0.39 is 5.95 Å². The summed E-state index contributed by atoms with van der Waals surface area (Å²) in [5.74, 6) is 2.80. The zero-order valence-electron chi connectivity index (χ0n) is 8.57. The molecule has 0 unspecified atom stereocenters. The lowest BCUT2D eigenvalue weighted by molar-refractivity contribution is 0.0950. The standard InChI is InChI=1S/C11H11FN2OS/c1-2-7-16-8-6-13-11(15)9-4-3-5-10(12)14-9/h1,3-5H,6-8H2,(H,13,15). The van der Waals surface area contributed by atoms with E-state index in [1.807, 2.05) is 0 Å². The topological polar surface area (TPSA) is 42.0 Å². The van der Waals surface area contributed by atoms with Crippen LogP contribution >= 0.6 is 11.8 Å². The zero-order valence-corrected chi connectivity index (χ0v) is 9.39. The first kappa shape index (κ1) is 12.5. The fourth-order valence-corrected chi connectivity index (χ4v) is 1.50. The summed E-state index contributed by atoms with van der Waals surface area (Å²) < 4.78 is 12.7. The number of rotatable bonds is 5. The van der Waals surface area contributed by atoms with Crippen LogP contribution in [-0.2, 0) is 0 Å². The molecule has 0 saturated heterocycles. The Morgan fingerprint density at radius 2 is 2.44 bits per heavy atom. The van der Waals surface area contributed by atoms with Gasteiger partial charge in [0.1, 0.15) is 5.69 Å². The van der Waals surface area contributed by atoms with E-state index >= 15 is 0 Å². The highest BCUT2D eigenvalue weighted by Gasteiger charge is 2.06. The predicted molar refractivity (Wildman–Crippen MR) is 62.7 cm³/mol. The van der Waals surface area contributed by atoms with Gasteiger partial charge in [0, 0.05) is 12.3 Å². The molecule has 0 bridgehead atoms. The third kappa shape index (κ3) is 4.32. The minimum atomic E-state index is -0.658. The molecule has 1 aromatic heterocycles. The van der Waals surface area contributed by atoms with Gasteiger partial charge in [0.15, 0.2) is 0 Å². The summed E-state index contributed by atoms with van der Waals surface area (Å²) in [5.41, 5.74) is 0.0851. The van der Waals surface area contributed by atoms with E-state index in [1.54, 1.807) is 11.8 Å². The molecule has 1 amide bonds. The van der Waals surface area contributed by atoms with Gasteiger partial charge in [-0.05, 0) is 12.1 Å². The van der Waals surface area contributed by atoms with Gasteiger partial charge >= 0.3 is 0 Å². The molecule has 1 N–H and O–H groups in total. The molecular weight excluding hydrogens is 227 g/mol. The monoisotopic (exact) mass is 238 g/mol. The lowest BCUT2D eigenvalue weighted by Gasteiger charge is -2.03. The van der Waals surface area contributed by atoms with Crippen molar-refractivity contribution in [1.29, 1.82) is 0 Å². The number of amides is 1. The van der Waals surface area contributed by atoms with Crippen molar-refractivity contribution in [3.05, 3.63) is 29.8 Å². The van der Waals surface area contributed by atoms with E-state index in [0.717, 1.165) is 5.75 Å². The molecule has 0 spiro atoms. The van der Waals surface area contributed by atoms with Gasteiger partial charge < -0.3 is 5.32 Å². The second-order valence-corrected chi connectivity index (χ2v) is 3.96. The van der Waals surface area contributed by atoms with Crippen LogP contribution in [0.3, 0.4) is 0 Å². The number of halogens is 1. The van der Waals surface area contributed by atoms with E-state index in [-0.39, 0.29) is 11.6 Å². The second kappa shape index (κ2) is 6.85. The van der Waals surface area contributed by atoms with Crippen molar-refractivity contribution < 1.29 is 9.18 Å². The Kier molecular flexibility index (Phi) is 5.37. The summed E-state index contributed by atoms with van der Waals surface area (Å²) >= 11 is 1.55. The summed E-state index contributed by atoms with van der Waals surface area (Å²) in [6, 6.07) is 4.11. The molecule has 0 atom stereocenters. The number of terminal acetylenes is 1. The lowest BCUT2D eigenvalue weighted by Crippen LogP contribution is -2.26. The summed E-state index contributed by atoms with van der Waals surface area (Å²) in [6.45, 7) is 0.489. The molecule has 0 aromatic carbocycles. The Hall–Kier alpha value is -1.54. The van der Waals surface area contributed by atoms with Crippen LogP contribution < -0.4 is 5.32 Å². The van der Waals surface area contributed by atoms with Crippen molar-refractivity contribution in [3.8, 4) is 12.3 Å². The Labute approximate surface area is 97.8 Å². The third-order valence-electron chi connectivity index (χ3n) is 1.67. The highest BCUT2D eigenvalue weighted by molar-refractivity contribution is 7.99. The maximum absolute atomic E-state index is 12.7. The molecule has 0 aliphatic rings. The van der Waals surface area contributed by atoms with E-state index in [0.29, 0.717) is 12.3 Å². The molecule has 84 valence electrons. The van der Waals surface area contributed by atoms with Crippen LogP contribution in [-0.4, -0.2) is 28.9 Å². The molecule has 0 saturated carbocycles. The number of thioether (sulfide) groups is 1. The molecule has 5 heteroatoms. The van der Waals surface area contributed by atoms with Crippen LogP contribution in [0.4, 0.5) is 4.39 Å². The van der Waals surface area contributed by atoms with Gasteiger partial charge in [-0.25, -0.2) is 4.98 Å². The van der Waals surface area contributed by atoms with Crippen LogP contribution in [0.25, 0.3) is 0 Å². The number of hydrogen-bond donors (Lipinski definition) is 1. The average Bonchev–Trinajstić information content (AvgIpc) is 2.28. The maximum Gasteiger partial charge on any atom is 0.270 e. The number of carbonyl (C=O) groups excluding carboxylic acids is 1. The van der Waals surface area contributed by atoms with Crippen LogP contribution in [0, 0.1) is 18.3 Å². The van der Waals surface area contributed by atoms with E-state index in [9.17, 15) is 9.18 Å². The molecule has 1 aromatic rings. The summed E-state index contributed by atoms with van der Waals surface area (Å²) in [4.78, 5) is 14.9. The fourth-order valence-electron chi connectivity index (χ4n) is 0.993. The SMILES string of the molecule is C#CCSCCNC(=O)c1cccc(F)n1. The first-order valence-corrected chi connectivity index (χ1v) is 5.81. The Bertz CT molecular complexity index is 403. The summed E-state index contributed by atoms with van der Waals surface area (Å²) in [7, 11) is 0. The molecule has 0 aliphatic heterocycles. The van der Waals surface area contributed by atoms with E-state index in [4.69, 9.17) is 6.42 Å². The highest BCUT2D eigenvalue weighted by atomic mass is 32.2. The van der Waals surface area contributed by atoms with Gasteiger partial charge in [-0.3, -0.25) is 4.79 Å². The largest absolute Gasteiger partial charge is 0.350 e. The lowest BCUT2D eigenvalue weighted by atomic mass is 10.3. The minimum Gasteiger partial charge on any atom is -0.350 e. The highest BCUT2D eigenvalue weighted by Crippen LogP contribution is 1.99. The quantitative estimate of drug-likeness (QED) is 0.478. The second-order valence-electron chi connectivity index (χ2n) is 2.86.